The number of ether oxygens (including phenoxy) is 1. The van der Waals surface area contributed by atoms with E-state index in [9.17, 15) is 9.59 Å². The van der Waals surface area contributed by atoms with Gasteiger partial charge >= 0.3 is 5.97 Å². The molecule has 1 N–H and O–H groups in total. The zero-order valence-corrected chi connectivity index (χ0v) is 9.23. The van der Waals surface area contributed by atoms with E-state index in [2.05, 4.69) is 5.32 Å². The molecule has 0 aliphatic carbocycles. The fraction of sp³-hybridized carbons (Fsp3) is 0.333. The first-order valence-corrected chi connectivity index (χ1v) is 5.21. The second kappa shape index (κ2) is 6.61. The van der Waals surface area contributed by atoms with Crippen molar-refractivity contribution in [2.75, 3.05) is 11.9 Å². The van der Waals surface area contributed by atoms with E-state index in [0.717, 1.165) is 11.3 Å². The van der Waals surface area contributed by atoms with Crippen LogP contribution in [-0.4, -0.2) is 19.0 Å². The minimum atomic E-state index is -0.198. The van der Waals surface area contributed by atoms with E-state index in [0.29, 0.717) is 25.9 Å². The topological polar surface area (TPSA) is 55.4 Å². The molecule has 16 heavy (non-hydrogen) atoms. The molecule has 0 heterocycles. The van der Waals surface area contributed by atoms with E-state index in [1.165, 1.54) is 0 Å². The largest absolute Gasteiger partial charge is 0.466 e. The molecular weight excluding hydrogens is 206 g/mol. The van der Waals surface area contributed by atoms with Crippen LogP contribution < -0.4 is 5.32 Å². The predicted molar refractivity (Wildman–Crippen MR) is 61.1 cm³/mol. The Kier molecular flexibility index (Phi) is 5.05. The van der Waals surface area contributed by atoms with Crippen molar-refractivity contribution in [3.05, 3.63) is 29.8 Å². The lowest BCUT2D eigenvalue weighted by Crippen LogP contribution is -2.05. The predicted octanol–water partition coefficient (Wildman–Crippen LogP) is 1.75. The van der Waals surface area contributed by atoms with Crippen molar-refractivity contribution < 1.29 is 14.3 Å². The Labute approximate surface area is 94.6 Å². The van der Waals surface area contributed by atoms with E-state index in [1.54, 1.807) is 13.0 Å². The molecule has 0 aliphatic rings. The highest BCUT2D eigenvalue weighted by molar-refractivity contribution is 5.72. The summed E-state index contributed by atoms with van der Waals surface area (Å²) in [5.41, 5.74) is 1.73. The highest BCUT2D eigenvalue weighted by Crippen LogP contribution is 2.11. The fourth-order valence-electron chi connectivity index (χ4n) is 1.36. The van der Waals surface area contributed by atoms with E-state index in [-0.39, 0.29) is 5.97 Å². The molecule has 1 rings (SSSR count). The number of rotatable bonds is 6. The normalized spacial score (nSPS) is 9.56. The van der Waals surface area contributed by atoms with Gasteiger partial charge in [-0.3, -0.25) is 9.59 Å². The average Bonchev–Trinajstić information content (AvgIpc) is 2.28. The maximum absolute atomic E-state index is 11.1. The zero-order valence-electron chi connectivity index (χ0n) is 9.23. The van der Waals surface area contributed by atoms with Crippen LogP contribution in [0.4, 0.5) is 5.69 Å². The number of carbonyl (C=O) groups is 2. The van der Waals surface area contributed by atoms with E-state index < -0.39 is 0 Å². The molecule has 0 saturated heterocycles. The number of hydrogen-bond donors (Lipinski definition) is 1. The number of hydrogen-bond acceptors (Lipinski definition) is 3. The van der Waals surface area contributed by atoms with E-state index in [1.807, 2.05) is 18.2 Å². The van der Waals surface area contributed by atoms with Gasteiger partial charge in [-0.1, -0.05) is 12.1 Å². The van der Waals surface area contributed by atoms with Gasteiger partial charge in [-0.25, -0.2) is 0 Å². The maximum atomic E-state index is 11.1. The van der Waals surface area contributed by atoms with Crippen molar-refractivity contribution >= 4 is 18.1 Å². The summed E-state index contributed by atoms with van der Waals surface area (Å²) in [5, 5.41) is 2.56. The first kappa shape index (κ1) is 12.2. The molecule has 0 fully saturated rings. The molecule has 1 amide bonds. The molecular formula is C12H15NO3. The Balaban J connectivity index is 2.50. The van der Waals surface area contributed by atoms with Gasteiger partial charge in [0, 0.05) is 12.1 Å². The third-order valence-electron chi connectivity index (χ3n) is 2.08. The number of benzene rings is 1. The third kappa shape index (κ3) is 4.13. The molecule has 86 valence electrons. The zero-order chi connectivity index (χ0) is 11.8. The molecule has 0 aromatic heterocycles. The van der Waals surface area contributed by atoms with Gasteiger partial charge in [0.2, 0.25) is 6.41 Å². The van der Waals surface area contributed by atoms with Crippen LogP contribution in [0.3, 0.4) is 0 Å². The molecule has 0 atom stereocenters. The Hall–Kier alpha value is -1.84. The summed E-state index contributed by atoms with van der Waals surface area (Å²) in [6.45, 7) is 2.19. The Morgan fingerprint density at radius 1 is 1.50 bits per heavy atom. The number of carbonyl (C=O) groups excluding carboxylic acids is 2. The van der Waals surface area contributed by atoms with Gasteiger partial charge in [-0.05, 0) is 31.0 Å². The lowest BCUT2D eigenvalue weighted by Gasteiger charge is -2.04. The van der Waals surface area contributed by atoms with Crippen LogP contribution >= 0.6 is 0 Å². The summed E-state index contributed by atoms with van der Waals surface area (Å²) in [7, 11) is 0. The average molecular weight is 221 g/mol. The van der Waals surface area contributed by atoms with Crippen molar-refractivity contribution in [3.63, 3.8) is 0 Å². The third-order valence-corrected chi connectivity index (χ3v) is 2.08. The molecule has 0 bridgehead atoms. The Morgan fingerprint density at radius 3 is 3.00 bits per heavy atom. The molecule has 4 heteroatoms. The monoisotopic (exact) mass is 221 g/mol. The first-order valence-electron chi connectivity index (χ1n) is 5.21. The number of aryl methyl sites for hydroxylation is 1. The first-order chi connectivity index (χ1) is 7.76. The van der Waals surface area contributed by atoms with Gasteiger partial charge in [0.25, 0.3) is 0 Å². The summed E-state index contributed by atoms with van der Waals surface area (Å²) in [6, 6.07) is 7.39. The second-order valence-corrected chi connectivity index (χ2v) is 3.27. The second-order valence-electron chi connectivity index (χ2n) is 3.27. The van der Waals surface area contributed by atoms with E-state index >= 15 is 0 Å². The van der Waals surface area contributed by atoms with Gasteiger partial charge in [-0.15, -0.1) is 0 Å². The minimum Gasteiger partial charge on any atom is -0.466 e. The van der Waals surface area contributed by atoms with Gasteiger partial charge in [0.15, 0.2) is 0 Å². The Bertz CT molecular complexity index is 363. The van der Waals surface area contributed by atoms with Crippen LogP contribution in [0.5, 0.6) is 0 Å². The van der Waals surface area contributed by atoms with Crippen LogP contribution in [0.2, 0.25) is 0 Å². The van der Waals surface area contributed by atoms with Gasteiger partial charge in [-0.2, -0.15) is 0 Å². The number of amides is 1. The SMILES string of the molecule is CCOC(=O)CCc1cccc(NC=O)c1. The van der Waals surface area contributed by atoms with Gasteiger partial charge in [0.1, 0.15) is 0 Å². The molecule has 1 aromatic rings. The van der Waals surface area contributed by atoms with Gasteiger partial charge in [0.05, 0.1) is 6.61 Å². The molecule has 0 radical (unpaired) electrons. The van der Waals surface area contributed by atoms with Crippen molar-refractivity contribution in [2.45, 2.75) is 19.8 Å². The fourth-order valence-corrected chi connectivity index (χ4v) is 1.36. The summed E-state index contributed by atoms with van der Waals surface area (Å²) in [4.78, 5) is 21.4. The van der Waals surface area contributed by atoms with Crippen molar-refractivity contribution in [1.82, 2.24) is 0 Å². The smallest absolute Gasteiger partial charge is 0.306 e. The van der Waals surface area contributed by atoms with Crippen molar-refractivity contribution in [2.24, 2.45) is 0 Å². The molecule has 4 nitrogen and oxygen atoms in total. The van der Waals surface area contributed by atoms with Crippen LogP contribution in [0.1, 0.15) is 18.9 Å². The molecule has 0 unspecified atom stereocenters. The maximum Gasteiger partial charge on any atom is 0.306 e. The molecule has 0 aliphatic heterocycles. The van der Waals surface area contributed by atoms with Crippen LogP contribution in [-0.2, 0) is 20.7 Å². The summed E-state index contributed by atoms with van der Waals surface area (Å²) < 4.78 is 4.83. The van der Waals surface area contributed by atoms with Crippen LogP contribution in [0.15, 0.2) is 24.3 Å². The number of nitrogens with one attached hydrogen (secondary N) is 1. The number of anilines is 1. The minimum absolute atomic E-state index is 0.198. The van der Waals surface area contributed by atoms with Crippen molar-refractivity contribution in [1.29, 1.82) is 0 Å². The Morgan fingerprint density at radius 2 is 2.31 bits per heavy atom. The molecule has 0 spiro atoms. The summed E-state index contributed by atoms with van der Waals surface area (Å²) >= 11 is 0. The molecule has 1 aromatic carbocycles. The molecule has 0 saturated carbocycles. The highest BCUT2D eigenvalue weighted by Gasteiger charge is 2.02. The van der Waals surface area contributed by atoms with Crippen molar-refractivity contribution in [3.8, 4) is 0 Å². The van der Waals surface area contributed by atoms with Crippen LogP contribution in [0, 0.1) is 0 Å². The summed E-state index contributed by atoms with van der Waals surface area (Å²) in [5.74, 6) is -0.198. The van der Waals surface area contributed by atoms with Gasteiger partial charge < -0.3 is 10.1 Å². The number of esters is 1. The van der Waals surface area contributed by atoms with E-state index in [4.69, 9.17) is 4.74 Å². The lowest BCUT2D eigenvalue weighted by atomic mass is 10.1. The quantitative estimate of drug-likeness (QED) is 0.588. The lowest BCUT2D eigenvalue weighted by molar-refractivity contribution is -0.143. The summed E-state index contributed by atoms with van der Waals surface area (Å²) in [6.07, 6.45) is 1.61. The standard InChI is InChI=1S/C12H15NO3/c1-2-16-12(15)7-6-10-4-3-5-11(8-10)13-9-14/h3-5,8-9H,2,6-7H2,1H3,(H,13,14). The van der Waals surface area contributed by atoms with Crippen LogP contribution in [0.25, 0.3) is 0 Å². The highest BCUT2D eigenvalue weighted by atomic mass is 16.5.